The number of ether oxygens (including phenoxy) is 1. The minimum atomic E-state index is 0.498. The zero-order valence-electron chi connectivity index (χ0n) is 11.3. The summed E-state index contributed by atoms with van der Waals surface area (Å²) in [6, 6.07) is 9.56. The first kappa shape index (κ1) is 14.7. The second-order valence-corrected chi connectivity index (χ2v) is 6.86. The van der Waals surface area contributed by atoms with E-state index in [2.05, 4.69) is 42.2 Å². The number of nitrogens with one attached hydrogen (secondary N) is 1. The Balaban J connectivity index is 1.78. The molecular weight excluding hydrogens is 398 g/mol. The molecule has 1 saturated carbocycles. The minimum absolute atomic E-state index is 0.498. The van der Waals surface area contributed by atoms with E-state index in [4.69, 9.17) is 10.5 Å². The molecule has 6 heteroatoms. The smallest absolute Gasteiger partial charge is 0.239 e. The molecule has 0 unspecified atom stereocenters. The van der Waals surface area contributed by atoms with Crippen LogP contribution in [0.1, 0.15) is 12.8 Å². The summed E-state index contributed by atoms with van der Waals surface area (Å²) in [7, 11) is 0. The average molecular weight is 413 g/mol. The summed E-state index contributed by atoms with van der Waals surface area (Å²) in [5.41, 5.74) is 7.40. The number of pyridine rings is 1. The van der Waals surface area contributed by atoms with Gasteiger partial charge in [-0.25, -0.2) is 0 Å². The molecule has 0 saturated heterocycles. The van der Waals surface area contributed by atoms with Gasteiger partial charge in [-0.2, -0.15) is 4.98 Å². The molecule has 3 rings (SSSR count). The first-order valence-electron chi connectivity index (χ1n) is 6.73. The molecule has 1 aliphatic carbocycles. The van der Waals surface area contributed by atoms with Crippen LogP contribution in [0.15, 0.2) is 39.3 Å². The van der Waals surface area contributed by atoms with Gasteiger partial charge >= 0.3 is 0 Å². The van der Waals surface area contributed by atoms with Crippen molar-refractivity contribution in [2.45, 2.75) is 12.8 Å². The monoisotopic (exact) mass is 411 g/mol. The van der Waals surface area contributed by atoms with E-state index in [1.54, 1.807) is 0 Å². The van der Waals surface area contributed by atoms with Crippen molar-refractivity contribution in [1.29, 1.82) is 0 Å². The van der Waals surface area contributed by atoms with Gasteiger partial charge in [0.15, 0.2) is 0 Å². The Morgan fingerprint density at radius 2 is 2.05 bits per heavy atom. The van der Waals surface area contributed by atoms with Crippen molar-refractivity contribution >= 4 is 49.1 Å². The number of nitrogens with two attached hydrogens (primary N) is 1. The molecule has 1 aromatic heterocycles. The maximum Gasteiger partial charge on any atom is 0.239 e. The first-order chi connectivity index (χ1) is 10.1. The zero-order chi connectivity index (χ0) is 14.8. The van der Waals surface area contributed by atoms with Crippen LogP contribution in [0.25, 0.3) is 0 Å². The van der Waals surface area contributed by atoms with Gasteiger partial charge in [0.05, 0.1) is 18.0 Å². The van der Waals surface area contributed by atoms with Crippen LogP contribution in [0.5, 0.6) is 5.88 Å². The number of hydrogen-bond acceptors (Lipinski definition) is 4. The number of nitrogens with zero attached hydrogens (tertiary/aromatic N) is 1. The molecular formula is C15H15Br2N3O. The Morgan fingerprint density at radius 1 is 1.24 bits per heavy atom. The summed E-state index contributed by atoms with van der Waals surface area (Å²) in [6.07, 6.45) is 2.48. The van der Waals surface area contributed by atoms with Crippen LogP contribution in [0.3, 0.4) is 0 Å². The standard InChI is InChI=1S/C15H15Br2N3O/c16-10-3-4-11(17)13(7-10)19-14-6-5-12(18)15(20-14)21-8-9-1-2-9/h3-7,9H,1-2,8,18H2,(H,19,20). The molecule has 21 heavy (non-hydrogen) atoms. The van der Waals surface area contributed by atoms with E-state index >= 15 is 0 Å². The fraction of sp³-hybridized carbons (Fsp3) is 0.267. The van der Waals surface area contributed by atoms with Crippen LogP contribution in [0.2, 0.25) is 0 Å². The van der Waals surface area contributed by atoms with Crippen molar-refractivity contribution in [3.05, 3.63) is 39.3 Å². The van der Waals surface area contributed by atoms with E-state index in [1.807, 2.05) is 30.3 Å². The van der Waals surface area contributed by atoms with E-state index in [-0.39, 0.29) is 0 Å². The molecule has 1 fully saturated rings. The predicted octanol–water partition coefficient (Wildman–Crippen LogP) is 4.72. The second-order valence-electron chi connectivity index (χ2n) is 5.09. The molecule has 110 valence electrons. The first-order valence-corrected chi connectivity index (χ1v) is 8.32. The van der Waals surface area contributed by atoms with E-state index in [9.17, 15) is 0 Å². The van der Waals surface area contributed by atoms with Gasteiger partial charge < -0.3 is 15.8 Å². The number of anilines is 3. The average Bonchev–Trinajstić information content (AvgIpc) is 3.27. The molecule has 1 aliphatic rings. The number of rotatable bonds is 5. The van der Waals surface area contributed by atoms with Gasteiger partial charge in [-0.05, 0) is 65.0 Å². The highest BCUT2D eigenvalue weighted by atomic mass is 79.9. The fourth-order valence-electron chi connectivity index (χ4n) is 1.85. The van der Waals surface area contributed by atoms with Crippen LogP contribution in [0, 0.1) is 5.92 Å². The number of nitrogen functional groups attached to an aromatic ring is 1. The molecule has 0 radical (unpaired) electrons. The summed E-state index contributed by atoms with van der Waals surface area (Å²) >= 11 is 6.97. The topological polar surface area (TPSA) is 60.2 Å². The van der Waals surface area contributed by atoms with Crippen molar-refractivity contribution in [3.63, 3.8) is 0 Å². The van der Waals surface area contributed by atoms with E-state index in [0.717, 1.165) is 14.6 Å². The van der Waals surface area contributed by atoms with Crippen LogP contribution in [-0.4, -0.2) is 11.6 Å². The molecule has 0 atom stereocenters. The molecule has 1 heterocycles. The lowest BCUT2D eigenvalue weighted by Crippen LogP contribution is -2.05. The van der Waals surface area contributed by atoms with Gasteiger partial charge in [-0.3, -0.25) is 0 Å². The number of halogens is 2. The molecule has 1 aromatic carbocycles. The largest absolute Gasteiger partial charge is 0.476 e. The maximum absolute atomic E-state index is 5.91. The van der Waals surface area contributed by atoms with Gasteiger partial charge in [0.2, 0.25) is 5.88 Å². The van der Waals surface area contributed by atoms with Gasteiger partial charge in [0, 0.05) is 8.95 Å². The summed E-state index contributed by atoms with van der Waals surface area (Å²) < 4.78 is 7.65. The number of hydrogen-bond donors (Lipinski definition) is 2. The summed E-state index contributed by atoms with van der Waals surface area (Å²) in [4.78, 5) is 4.44. The van der Waals surface area contributed by atoms with Crippen molar-refractivity contribution in [3.8, 4) is 5.88 Å². The van der Waals surface area contributed by atoms with Crippen LogP contribution in [0.4, 0.5) is 17.2 Å². The Morgan fingerprint density at radius 3 is 2.81 bits per heavy atom. The lowest BCUT2D eigenvalue weighted by molar-refractivity contribution is 0.290. The Bertz CT molecular complexity index is 659. The minimum Gasteiger partial charge on any atom is -0.476 e. The molecule has 0 aliphatic heterocycles. The van der Waals surface area contributed by atoms with Gasteiger partial charge in [0.25, 0.3) is 0 Å². The molecule has 0 amide bonds. The van der Waals surface area contributed by atoms with Crippen molar-refractivity contribution in [1.82, 2.24) is 4.98 Å². The Labute approximate surface area is 140 Å². The lowest BCUT2D eigenvalue weighted by Gasteiger charge is -2.12. The summed E-state index contributed by atoms with van der Waals surface area (Å²) in [5.74, 6) is 1.87. The third-order valence-corrected chi connectivity index (χ3v) is 4.42. The molecule has 0 spiro atoms. The molecule has 2 aromatic rings. The highest BCUT2D eigenvalue weighted by molar-refractivity contribution is 9.11. The number of aromatic nitrogens is 1. The molecule has 3 N–H and O–H groups in total. The molecule has 4 nitrogen and oxygen atoms in total. The fourth-order valence-corrected chi connectivity index (χ4v) is 2.56. The summed E-state index contributed by atoms with van der Waals surface area (Å²) in [5, 5.41) is 3.26. The lowest BCUT2D eigenvalue weighted by atomic mass is 10.3. The normalized spacial score (nSPS) is 14.0. The Hall–Kier alpha value is -1.27. The molecule has 0 bridgehead atoms. The van der Waals surface area contributed by atoms with Crippen molar-refractivity contribution < 1.29 is 4.74 Å². The third-order valence-electron chi connectivity index (χ3n) is 3.23. The predicted molar refractivity (Wildman–Crippen MR) is 92.0 cm³/mol. The highest BCUT2D eigenvalue weighted by Gasteiger charge is 2.22. The van der Waals surface area contributed by atoms with Crippen LogP contribution in [-0.2, 0) is 0 Å². The zero-order valence-corrected chi connectivity index (χ0v) is 14.4. The van der Waals surface area contributed by atoms with E-state index < -0.39 is 0 Å². The van der Waals surface area contributed by atoms with Crippen LogP contribution < -0.4 is 15.8 Å². The number of benzene rings is 1. The Kier molecular flexibility index (Phi) is 4.35. The highest BCUT2D eigenvalue weighted by Crippen LogP contribution is 2.32. The van der Waals surface area contributed by atoms with Crippen LogP contribution >= 0.6 is 31.9 Å². The van der Waals surface area contributed by atoms with E-state index in [1.165, 1.54) is 12.8 Å². The quantitative estimate of drug-likeness (QED) is 0.745. The SMILES string of the molecule is Nc1ccc(Nc2cc(Br)ccc2Br)nc1OCC1CC1. The van der Waals surface area contributed by atoms with Gasteiger partial charge in [-0.15, -0.1) is 0 Å². The van der Waals surface area contributed by atoms with Crippen molar-refractivity contribution in [2.75, 3.05) is 17.7 Å². The summed E-state index contributed by atoms with van der Waals surface area (Å²) in [6.45, 7) is 0.696. The van der Waals surface area contributed by atoms with Gasteiger partial charge in [0.1, 0.15) is 5.82 Å². The third kappa shape index (κ3) is 3.89. The van der Waals surface area contributed by atoms with Crippen molar-refractivity contribution in [2.24, 2.45) is 5.92 Å². The second kappa shape index (κ2) is 6.23. The maximum atomic E-state index is 5.91. The van der Waals surface area contributed by atoms with Gasteiger partial charge in [-0.1, -0.05) is 15.9 Å². The van der Waals surface area contributed by atoms with E-state index in [0.29, 0.717) is 29.9 Å².